The SMILES string of the molecule is CC(C)N(CCn1c(SCC(=O)N2CCCCC2)nc2ccccc2c1=O)C(C)C. The van der Waals surface area contributed by atoms with Gasteiger partial charge < -0.3 is 4.90 Å². The van der Waals surface area contributed by atoms with Gasteiger partial charge in [-0.1, -0.05) is 23.9 Å². The van der Waals surface area contributed by atoms with Crippen molar-refractivity contribution in [3.8, 4) is 0 Å². The van der Waals surface area contributed by atoms with E-state index in [1.54, 1.807) is 4.57 Å². The topological polar surface area (TPSA) is 58.4 Å². The van der Waals surface area contributed by atoms with Gasteiger partial charge in [0.2, 0.25) is 5.91 Å². The second kappa shape index (κ2) is 10.4. The lowest BCUT2D eigenvalue weighted by molar-refractivity contribution is -0.129. The minimum atomic E-state index is -0.0269. The minimum absolute atomic E-state index is 0.0269. The predicted octanol–water partition coefficient (Wildman–Crippen LogP) is 3.62. The van der Waals surface area contributed by atoms with Crippen LogP contribution in [0.3, 0.4) is 0 Å². The summed E-state index contributed by atoms with van der Waals surface area (Å²) in [5.74, 6) is 0.461. The number of nitrogens with zero attached hydrogens (tertiary/aromatic N) is 4. The number of likely N-dealkylation sites (tertiary alicyclic amines) is 1. The van der Waals surface area contributed by atoms with E-state index in [2.05, 4.69) is 32.6 Å². The van der Waals surface area contributed by atoms with Gasteiger partial charge >= 0.3 is 0 Å². The maximum atomic E-state index is 13.2. The summed E-state index contributed by atoms with van der Waals surface area (Å²) in [5, 5.41) is 1.27. The van der Waals surface area contributed by atoms with E-state index in [0.717, 1.165) is 32.5 Å². The molecule has 0 aliphatic carbocycles. The van der Waals surface area contributed by atoms with Gasteiger partial charge in [0.15, 0.2) is 5.16 Å². The number of piperidine rings is 1. The zero-order valence-corrected chi connectivity index (χ0v) is 19.5. The predicted molar refractivity (Wildman–Crippen MR) is 124 cm³/mol. The van der Waals surface area contributed by atoms with Crippen molar-refractivity contribution in [3.63, 3.8) is 0 Å². The molecule has 0 unspecified atom stereocenters. The molecule has 2 heterocycles. The first-order valence-corrected chi connectivity index (χ1v) is 12.0. The molecule has 30 heavy (non-hydrogen) atoms. The summed E-state index contributed by atoms with van der Waals surface area (Å²) < 4.78 is 1.76. The number of aromatic nitrogens is 2. The third-order valence-electron chi connectivity index (χ3n) is 5.77. The van der Waals surface area contributed by atoms with Gasteiger partial charge in [-0.3, -0.25) is 19.1 Å². The fraction of sp³-hybridized carbons (Fsp3) is 0.609. The van der Waals surface area contributed by atoms with Gasteiger partial charge in [-0.2, -0.15) is 0 Å². The molecule has 1 fully saturated rings. The summed E-state index contributed by atoms with van der Waals surface area (Å²) in [6.45, 7) is 11.7. The summed E-state index contributed by atoms with van der Waals surface area (Å²) in [4.78, 5) is 35.0. The number of rotatable bonds is 8. The van der Waals surface area contributed by atoms with Gasteiger partial charge in [0.25, 0.3) is 5.56 Å². The Morgan fingerprint density at radius 3 is 2.43 bits per heavy atom. The van der Waals surface area contributed by atoms with E-state index in [4.69, 9.17) is 4.98 Å². The number of thioether (sulfide) groups is 1. The first-order valence-electron chi connectivity index (χ1n) is 11.0. The summed E-state index contributed by atoms with van der Waals surface area (Å²) in [6.07, 6.45) is 3.36. The zero-order chi connectivity index (χ0) is 21.7. The molecule has 1 aliphatic heterocycles. The average Bonchev–Trinajstić information content (AvgIpc) is 2.74. The second-order valence-electron chi connectivity index (χ2n) is 8.52. The number of amides is 1. The normalized spacial score (nSPS) is 15.0. The van der Waals surface area contributed by atoms with Gasteiger partial charge in [-0.15, -0.1) is 0 Å². The maximum absolute atomic E-state index is 13.2. The molecular formula is C23H34N4O2S. The molecule has 1 aromatic heterocycles. The van der Waals surface area contributed by atoms with Crippen molar-refractivity contribution in [3.05, 3.63) is 34.6 Å². The molecular weight excluding hydrogens is 396 g/mol. The summed E-state index contributed by atoms with van der Waals surface area (Å²) >= 11 is 1.39. The number of fused-ring (bicyclic) bond motifs is 1. The van der Waals surface area contributed by atoms with Crippen molar-refractivity contribution < 1.29 is 4.79 Å². The van der Waals surface area contributed by atoms with E-state index in [-0.39, 0.29) is 11.5 Å². The van der Waals surface area contributed by atoms with Gasteiger partial charge in [0.1, 0.15) is 0 Å². The summed E-state index contributed by atoms with van der Waals surface area (Å²) in [6, 6.07) is 8.25. The quantitative estimate of drug-likeness (QED) is 0.473. The fourth-order valence-electron chi connectivity index (χ4n) is 4.14. The average molecular weight is 431 g/mol. The lowest BCUT2D eigenvalue weighted by Crippen LogP contribution is -2.40. The summed E-state index contributed by atoms with van der Waals surface area (Å²) in [7, 11) is 0. The Morgan fingerprint density at radius 1 is 1.10 bits per heavy atom. The zero-order valence-electron chi connectivity index (χ0n) is 18.6. The van der Waals surface area contributed by atoms with E-state index < -0.39 is 0 Å². The van der Waals surface area contributed by atoms with Crippen molar-refractivity contribution in [2.75, 3.05) is 25.4 Å². The van der Waals surface area contributed by atoms with Crippen LogP contribution in [0, 0.1) is 0 Å². The van der Waals surface area contributed by atoms with Gasteiger partial charge in [0.05, 0.1) is 16.7 Å². The Balaban J connectivity index is 1.84. The Labute approximate surface area is 183 Å². The smallest absolute Gasteiger partial charge is 0.262 e. The van der Waals surface area contributed by atoms with Crippen LogP contribution in [0.5, 0.6) is 0 Å². The van der Waals surface area contributed by atoms with Crippen molar-refractivity contribution in [1.29, 1.82) is 0 Å². The minimum Gasteiger partial charge on any atom is -0.342 e. The first kappa shape index (κ1) is 22.8. The molecule has 0 atom stereocenters. The highest BCUT2D eigenvalue weighted by molar-refractivity contribution is 7.99. The van der Waals surface area contributed by atoms with Crippen LogP contribution in [-0.2, 0) is 11.3 Å². The number of carbonyl (C=O) groups is 1. The Kier molecular flexibility index (Phi) is 7.94. The standard InChI is InChI=1S/C23H34N4O2S/c1-17(2)26(18(3)4)14-15-27-22(29)19-10-6-7-11-20(19)24-23(27)30-16-21(28)25-12-8-5-9-13-25/h6-7,10-11,17-18H,5,8-9,12-16H2,1-4H3. The molecule has 1 amide bonds. The molecule has 0 N–H and O–H groups in total. The van der Waals surface area contributed by atoms with Crippen molar-refractivity contribution in [2.24, 2.45) is 0 Å². The molecule has 1 saturated heterocycles. The van der Waals surface area contributed by atoms with E-state index in [9.17, 15) is 9.59 Å². The van der Waals surface area contributed by atoms with E-state index in [1.165, 1.54) is 18.2 Å². The van der Waals surface area contributed by atoms with Crippen LogP contribution >= 0.6 is 11.8 Å². The molecule has 2 aromatic rings. The number of hydrogen-bond acceptors (Lipinski definition) is 5. The Bertz CT molecular complexity index is 911. The third kappa shape index (κ3) is 5.43. The van der Waals surface area contributed by atoms with Crippen LogP contribution in [0.25, 0.3) is 10.9 Å². The Hall–Kier alpha value is -1.86. The molecule has 0 bridgehead atoms. The molecule has 3 rings (SSSR count). The number of hydrogen-bond donors (Lipinski definition) is 0. The number of carbonyl (C=O) groups excluding carboxylic acids is 1. The van der Waals surface area contributed by atoms with Crippen LogP contribution in [0.2, 0.25) is 0 Å². The van der Waals surface area contributed by atoms with E-state index in [0.29, 0.717) is 40.4 Å². The molecule has 1 aliphatic rings. The molecule has 0 spiro atoms. The van der Waals surface area contributed by atoms with Crippen molar-refractivity contribution in [2.45, 2.75) is 70.7 Å². The van der Waals surface area contributed by atoms with Crippen LogP contribution in [0.4, 0.5) is 0 Å². The van der Waals surface area contributed by atoms with Crippen LogP contribution in [-0.4, -0.2) is 62.7 Å². The largest absolute Gasteiger partial charge is 0.342 e. The lowest BCUT2D eigenvalue weighted by atomic mass is 10.1. The molecule has 0 radical (unpaired) electrons. The molecule has 6 nitrogen and oxygen atoms in total. The summed E-state index contributed by atoms with van der Waals surface area (Å²) in [5.41, 5.74) is 0.664. The highest BCUT2D eigenvalue weighted by Crippen LogP contribution is 2.20. The van der Waals surface area contributed by atoms with Crippen LogP contribution in [0.1, 0.15) is 47.0 Å². The van der Waals surface area contributed by atoms with Gasteiger partial charge in [-0.05, 0) is 59.1 Å². The highest BCUT2D eigenvalue weighted by atomic mass is 32.2. The van der Waals surface area contributed by atoms with Crippen molar-refractivity contribution in [1.82, 2.24) is 19.4 Å². The van der Waals surface area contributed by atoms with Gasteiger partial charge in [-0.25, -0.2) is 4.98 Å². The monoisotopic (exact) mass is 430 g/mol. The molecule has 1 aromatic carbocycles. The van der Waals surface area contributed by atoms with Crippen LogP contribution in [0.15, 0.2) is 34.2 Å². The Morgan fingerprint density at radius 2 is 1.77 bits per heavy atom. The van der Waals surface area contributed by atoms with E-state index in [1.807, 2.05) is 29.2 Å². The molecule has 164 valence electrons. The fourth-order valence-corrected chi connectivity index (χ4v) is 5.07. The maximum Gasteiger partial charge on any atom is 0.262 e. The van der Waals surface area contributed by atoms with Crippen LogP contribution < -0.4 is 5.56 Å². The second-order valence-corrected chi connectivity index (χ2v) is 9.47. The van der Waals surface area contributed by atoms with Gasteiger partial charge in [0, 0.05) is 38.3 Å². The lowest BCUT2D eigenvalue weighted by Gasteiger charge is -2.31. The first-order chi connectivity index (χ1) is 14.4. The number of benzene rings is 1. The third-order valence-corrected chi connectivity index (χ3v) is 6.73. The van der Waals surface area contributed by atoms with Crippen molar-refractivity contribution >= 4 is 28.6 Å². The highest BCUT2D eigenvalue weighted by Gasteiger charge is 2.20. The molecule has 7 heteroatoms. The number of para-hydroxylation sites is 1. The molecule has 0 saturated carbocycles. The van der Waals surface area contributed by atoms with E-state index >= 15 is 0 Å².